The fourth-order valence-corrected chi connectivity index (χ4v) is 2.56. The molecule has 0 radical (unpaired) electrons. The Labute approximate surface area is 138 Å². The lowest BCUT2D eigenvalue weighted by atomic mass is 10.1. The topological polar surface area (TPSA) is 86.2 Å². The van der Waals surface area contributed by atoms with Crippen LogP contribution in [0.25, 0.3) is 16.6 Å². The van der Waals surface area contributed by atoms with E-state index < -0.39 is 23.5 Å². The maximum absolute atomic E-state index is 13.0. The minimum atomic E-state index is -4.55. The second-order valence-electron chi connectivity index (χ2n) is 5.26. The van der Waals surface area contributed by atoms with E-state index in [-0.39, 0.29) is 22.3 Å². The molecular formula is C17H9F3N2O3. The molecule has 0 bridgehead atoms. The summed E-state index contributed by atoms with van der Waals surface area (Å²) >= 11 is 0. The van der Waals surface area contributed by atoms with Gasteiger partial charge in [-0.1, -0.05) is 6.07 Å². The molecule has 0 aliphatic carbocycles. The van der Waals surface area contributed by atoms with Gasteiger partial charge in [0.2, 0.25) is 0 Å². The Balaban J connectivity index is 2.27. The lowest BCUT2D eigenvalue weighted by molar-refractivity contribution is -0.137. The Bertz CT molecular complexity index is 1050. The molecule has 0 fully saturated rings. The van der Waals surface area contributed by atoms with Gasteiger partial charge in [-0.05, 0) is 24.3 Å². The summed E-state index contributed by atoms with van der Waals surface area (Å²) in [6.07, 6.45) is -3.22. The number of carboxylic acid groups (broad SMARTS) is 1. The Morgan fingerprint density at radius 2 is 1.88 bits per heavy atom. The molecule has 0 aliphatic rings. The van der Waals surface area contributed by atoms with Crippen LogP contribution in [0, 0.1) is 11.3 Å². The lowest BCUT2D eigenvalue weighted by Gasteiger charge is -2.10. The van der Waals surface area contributed by atoms with Crippen molar-refractivity contribution in [2.24, 2.45) is 0 Å². The predicted molar refractivity (Wildman–Crippen MR) is 81.6 cm³/mol. The highest BCUT2D eigenvalue weighted by Gasteiger charge is 2.31. The third-order valence-electron chi connectivity index (χ3n) is 3.74. The quantitative estimate of drug-likeness (QED) is 0.736. The third-order valence-corrected chi connectivity index (χ3v) is 3.74. The Morgan fingerprint density at radius 3 is 2.44 bits per heavy atom. The van der Waals surface area contributed by atoms with Crippen molar-refractivity contribution in [2.75, 3.05) is 0 Å². The van der Waals surface area contributed by atoms with Crippen LogP contribution in [-0.2, 0) is 6.18 Å². The van der Waals surface area contributed by atoms with Gasteiger partial charge < -0.3 is 14.8 Å². The first-order valence-electron chi connectivity index (χ1n) is 6.91. The zero-order valence-electron chi connectivity index (χ0n) is 12.4. The van der Waals surface area contributed by atoms with Crippen molar-refractivity contribution in [3.05, 3.63) is 59.3 Å². The molecule has 0 atom stereocenters. The minimum Gasteiger partial charge on any atom is -0.507 e. The van der Waals surface area contributed by atoms with Crippen LogP contribution in [0.3, 0.4) is 0 Å². The number of hydrogen-bond acceptors (Lipinski definition) is 3. The van der Waals surface area contributed by atoms with Crippen LogP contribution in [0.4, 0.5) is 13.2 Å². The van der Waals surface area contributed by atoms with E-state index in [4.69, 9.17) is 5.11 Å². The van der Waals surface area contributed by atoms with Crippen LogP contribution in [0.15, 0.2) is 42.6 Å². The van der Waals surface area contributed by atoms with Gasteiger partial charge in [-0.25, -0.2) is 4.79 Å². The van der Waals surface area contributed by atoms with Crippen molar-refractivity contribution < 1.29 is 28.2 Å². The summed E-state index contributed by atoms with van der Waals surface area (Å²) in [4.78, 5) is 11.0. The zero-order chi connectivity index (χ0) is 18.4. The number of rotatable bonds is 2. The number of nitrogens with zero attached hydrogens (tertiary/aromatic N) is 2. The molecule has 126 valence electrons. The monoisotopic (exact) mass is 346 g/mol. The van der Waals surface area contributed by atoms with E-state index in [0.717, 1.165) is 24.3 Å². The van der Waals surface area contributed by atoms with E-state index in [1.165, 1.54) is 22.9 Å². The minimum absolute atomic E-state index is 0.119. The van der Waals surface area contributed by atoms with Gasteiger partial charge in [-0.15, -0.1) is 0 Å². The van der Waals surface area contributed by atoms with Crippen molar-refractivity contribution >= 4 is 16.9 Å². The van der Waals surface area contributed by atoms with E-state index in [9.17, 15) is 28.3 Å². The first-order chi connectivity index (χ1) is 11.7. The van der Waals surface area contributed by atoms with Gasteiger partial charge in [0.15, 0.2) is 0 Å². The van der Waals surface area contributed by atoms with Gasteiger partial charge in [0, 0.05) is 23.3 Å². The van der Waals surface area contributed by atoms with Gasteiger partial charge in [0.25, 0.3) is 0 Å². The first kappa shape index (κ1) is 16.4. The molecule has 0 spiro atoms. The van der Waals surface area contributed by atoms with E-state index in [0.29, 0.717) is 5.39 Å². The Hall–Kier alpha value is -3.47. The smallest absolute Gasteiger partial charge is 0.416 e. The van der Waals surface area contributed by atoms with Gasteiger partial charge >= 0.3 is 12.1 Å². The molecule has 2 aromatic carbocycles. The maximum Gasteiger partial charge on any atom is 0.416 e. The molecule has 3 aromatic rings. The van der Waals surface area contributed by atoms with E-state index in [1.807, 2.05) is 6.07 Å². The molecule has 1 heterocycles. The number of fused-ring (bicyclic) bond motifs is 1. The van der Waals surface area contributed by atoms with Gasteiger partial charge in [-0.2, -0.15) is 18.4 Å². The number of aromatic carboxylic acids is 1. The number of nitriles is 1. The number of halogens is 3. The molecule has 0 aliphatic heterocycles. The molecule has 8 heteroatoms. The summed E-state index contributed by atoms with van der Waals surface area (Å²) < 4.78 is 40.2. The third kappa shape index (κ3) is 2.76. The summed E-state index contributed by atoms with van der Waals surface area (Å²) in [6, 6.07) is 8.49. The standard InChI is InChI=1S/C17H9F3N2O3/c18-17(19,20)10-1-3-12-9(7-21)8-22(14(12)5-10)11-2-4-13(16(24)25)15(23)6-11/h1-6,8,23H,(H,24,25). The normalized spacial score (nSPS) is 11.4. The summed E-state index contributed by atoms with van der Waals surface area (Å²) in [5, 5.41) is 28.2. The molecule has 25 heavy (non-hydrogen) atoms. The second-order valence-corrected chi connectivity index (χ2v) is 5.26. The van der Waals surface area contributed by atoms with Crippen molar-refractivity contribution in [1.29, 1.82) is 5.26 Å². The largest absolute Gasteiger partial charge is 0.507 e. The number of phenols is 1. The number of aromatic nitrogens is 1. The maximum atomic E-state index is 13.0. The molecule has 2 N–H and O–H groups in total. The van der Waals surface area contributed by atoms with Gasteiger partial charge in [-0.3, -0.25) is 0 Å². The van der Waals surface area contributed by atoms with Crippen LogP contribution in [-0.4, -0.2) is 20.7 Å². The Morgan fingerprint density at radius 1 is 1.16 bits per heavy atom. The molecule has 1 aromatic heterocycles. The predicted octanol–water partition coefficient (Wildman–Crippen LogP) is 3.92. The van der Waals surface area contributed by atoms with E-state index in [1.54, 1.807) is 0 Å². The van der Waals surface area contributed by atoms with Crippen LogP contribution < -0.4 is 0 Å². The number of carboxylic acids is 1. The molecule has 0 saturated heterocycles. The second kappa shape index (κ2) is 5.56. The number of benzene rings is 2. The van der Waals surface area contributed by atoms with Gasteiger partial charge in [0.05, 0.1) is 16.6 Å². The molecule has 0 unspecified atom stereocenters. The molecular weight excluding hydrogens is 337 g/mol. The summed E-state index contributed by atoms with van der Waals surface area (Å²) in [5.74, 6) is -1.86. The number of alkyl halides is 3. The highest BCUT2D eigenvalue weighted by Crippen LogP contribution is 2.34. The summed E-state index contributed by atoms with van der Waals surface area (Å²) in [7, 11) is 0. The van der Waals surface area contributed by atoms with E-state index in [2.05, 4.69) is 0 Å². The Kier molecular flexibility index (Phi) is 3.64. The number of carbonyl (C=O) groups is 1. The van der Waals surface area contributed by atoms with Crippen LogP contribution in [0.1, 0.15) is 21.5 Å². The molecule has 5 nitrogen and oxygen atoms in total. The highest BCUT2D eigenvalue weighted by atomic mass is 19.4. The summed E-state index contributed by atoms with van der Waals surface area (Å²) in [5.41, 5.74) is -0.709. The highest BCUT2D eigenvalue weighted by molar-refractivity contribution is 5.92. The molecule has 0 saturated carbocycles. The zero-order valence-corrected chi connectivity index (χ0v) is 12.4. The van der Waals surface area contributed by atoms with Gasteiger partial charge in [0.1, 0.15) is 17.4 Å². The average Bonchev–Trinajstić information content (AvgIpc) is 2.91. The number of aromatic hydroxyl groups is 1. The van der Waals surface area contributed by atoms with Crippen molar-refractivity contribution in [2.45, 2.75) is 6.18 Å². The summed E-state index contributed by atoms with van der Waals surface area (Å²) in [6.45, 7) is 0. The van der Waals surface area contributed by atoms with Crippen LogP contribution >= 0.6 is 0 Å². The van der Waals surface area contributed by atoms with Crippen molar-refractivity contribution in [1.82, 2.24) is 4.57 Å². The lowest BCUT2D eigenvalue weighted by Crippen LogP contribution is -2.05. The average molecular weight is 346 g/mol. The number of hydrogen-bond donors (Lipinski definition) is 2. The van der Waals surface area contributed by atoms with E-state index >= 15 is 0 Å². The van der Waals surface area contributed by atoms with Crippen LogP contribution in [0.5, 0.6) is 5.75 Å². The fraction of sp³-hybridized carbons (Fsp3) is 0.0588. The van der Waals surface area contributed by atoms with Crippen molar-refractivity contribution in [3.8, 4) is 17.5 Å². The molecule has 3 rings (SSSR count). The first-order valence-corrected chi connectivity index (χ1v) is 6.91. The van der Waals surface area contributed by atoms with Crippen molar-refractivity contribution in [3.63, 3.8) is 0 Å². The SMILES string of the molecule is N#Cc1cn(-c2ccc(C(=O)O)c(O)c2)c2cc(C(F)(F)F)ccc12. The van der Waals surface area contributed by atoms with Crippen LogP contribution in [0.2, 0.25) is 0 Å². The fourth-order valence-electron chi connectivity index (χ4n) is 2.56. The molecule has 0 amide bonds.